The Morgan fingerprint density at radius 1 is 0.371 bits per heavy atom. The SMILES string of the molecule is C1=C[CH+]C(=C(c2ccccc2)c2ccccc2)C=C1.CO[Si](OC)(OC)c1c(F)c(F)c([B-](c2c(F)c(F)c(F)c(F)c2F)(c2c(F)c(F)c(F)c(F)c2F)c2c(F)c(F)c(F)c(F)c2F)c(F)c1F. The maximum absolute atomic E-state index is 16.4. The summed E-state index contributed by atoms with van der Waals surface area (Å²) in [6.45, 7) is 0. The summed E-state index contributed by atoms with van der Waals surface area (Å²) in [6.07, 6.45) is 3.33. The standard InChI is InChI=1S/C27H9BF19O3Si.C19H15/c1-48-51(49-2,50-3)27-25(46)14(35)7(15(36)26(27)47)28(4-8(29)16(37)22(43)17(38)9(4)30,5-10(31)18(39)23(44)19(40)11(5)32)6-12(33)20(41)24(45)21(42)13(6)34;1-4-10-16(11-5-1)19(17-12-6-2-7-13-17)18-14-8-3-9-15-18/h1-3H3;1-15H/q-1;+1. The Bertz CT molecular complexity index is 2810. The molecule has 0 atom stereocenters. The largest absolute Gasteiger partial charge is 0.542 e. The van der Waals surface area contributed by atoms with Gasteiger partial charge < -0.3 is 13.3 Å². The van der Waals surface area contributed by atoms with Gasteiger partial charge in [-0.05, 0) is 24.3 Å². The predicted molar refractivity (Wildman–Crippen MR) is 217 cm³/mol. The van der Waals surface area contributed by atoms with Crippen molar-refractivity contribution in [2.45, 2.75) is 0 Å². The van der Waals surface area contributed by atoms with Crippen LogP contribution in [0.1, 0.15) is 11.1 Å². The molecule has 0 saturated carbocycles. The number of rotatable bonds is 10. The molecule has 0 N–H and O–H groups in total. The van der Waals surface area contributed by atoms with Crippen molar-refractivity contribution in [1.82, 2.24) is 0 Å². The van der Waals surface area contributed by atoms with Crippen LogP contribution in [0.15, 0.2) is 90.5 Å². The molecule has 0 heterocycles. The van der Waals surface area contributed by atoms with Crippen LogP contribution in [0.4, 0.5) is 83.4 Å². The highest BCUT2D eigenvalue weighted by atomic mass is 28.4. The summed E-state index contributed by atoms with van der Waals surface area (Å²) in [5.41, 5.74) is -9.03. The molecule has 0 spiro atoms. The lowest BCUT2D eigenvalue weighted by molar-refractivity contribution is 0.138. The van der Waals surface area contributed by atoms with Gasteiger partial charge in [0.25, 0.3) is 0 Å². The Labute approximate surface area is 383 Å². The van der Waals surface area contributed by atoms with Crippen LogP contribution in [0.25, 0.3) is 5.57 Å². The first-order valence-electron chi connectivity index (χ1n) is 19.3. The molecule has 0 amide bonds. The van der Waals surface area contributed by atoms with E-state index in [1.54, 1.807) is 0 Å². The zero-order chi connectivity index (χ0) is 51.9. The minimum atomic E-state index is -7.21. The van der Waals surface area contributed by atoms with E-state index in [2.05, 4.69) is 105 Å². The molecule has 0 aliphatic heterocycles. The van der Waals surface area contributed by atoms with Crippen LogP contribution < -0.4 is 27.0 Å². The van der Waals surface area contributed by atoms with Gasteiger partial charge in [0.05, 0.1) is 10.8 Å². The Kier molecular flexibility index (Phi) is 15.3. The first-order chi connectivity index (χ1) is 33.0. The highest BCUT2D eigenvalue weighted by molar-refractivity contribution is 7.20. The molecule has 0 unspecified atom stereocenters. The highest BCUT2D eigenvalue weighted by Crippen LogP contribution is 2.32. The molecule has 24 heteroatoms. The minimum absolute atomic E-state index is 0.495. The van der Waals surface area contributed by atoms with E-state index in [1.165, 1.54) is 22.3 Å². The van der Waals surface area contributed by atoms with Gasteiger partial charge in [-0.15, -0.1) is 21.9 Å². The number of benzene rings is 6. The average Bonchev–Trinajstić information content (AvgIpc) is 3.37. The van der Waals surface area contributed by atoms with Crippen LogP contribution in [-0.2, 0) is 13.3 Å². The zero-order valence-corrected chi connectivity index (χ0v) is 36.1. The Morgan fingerprint density at radius 3 is 0.900 bits per heavy atom. The number of hydrogen-bond donors (Lipinski definition) is 0. The smallest absolute Gasteiger partial charge is 0.373 e. The maximum atomic E-state index is 16.4. The second-order valence-electron chi connectivity index (χ2n) is 14.5. The van der Waals surface area contributed by atoms with Crippen molar-refractivity contribution in [3.8, 4) is 0 Å². The Balaban J connectivity index is 0.000000349. The van der Waals surface area contributed by atoms with E-state index in [9.17, 15) is 39.5 Å². The third-order valence-corrected chi connectivity index (χ3v) is 13.7. The van der Waals surface area contributed by atoms with Gasteiger partial charge >= 0.3 is 8.80 Å². The molecule has 0 aromatic heterocycles. The fourth-order valence-corrected chi connectivity index (χ4v) is 9.91. The van der Waals surface area contributed by atoms with Crippen LogP contribution in [0.3, 0.4) is 0 Å². The maximum Gasteiger partial charge on any atom is 0.542 e. The fourth-order valence-electron chi connectivity index (χ4n) is 8.04. The first-order valence-corrected chi connectivity index (χ1v) is 21.0. The second-order valence-corrected chi connectivity index (χ2v) is 17.3. The monoisotopic (exact) mass is 1020 g/mol. The normalized spacial score (nSPS) is 12.6. The number of allylic oxidation sites excluding steroid dienone is 5. The van der Waals surface area contributed by atoms with Gasteiger partial charge in [0.2, 0.25) is 0 Å². The molecule has 366 valence electrons. The van der Waals surface area contributed by atoms with E-state index in [-0.39, 0.29) is 0 Å². The van der Waals surface area contributed by atoms with Crippen molar-refractivity contribution >= 4 is 47.6 Å². The highest BCUT2D eigenvalue weighted by Gasteiger charge is 2.55. The summed E-state index contributed by atoms with van der Waals surface area (Å²) in [6, 6.07) is 21.1. The second kappa shape index (κ2) is 20.3. The van der Waals surface area contributed by atoms with Crippen LogP contribution in [0.2, 0.25) is 0 Å². The van der Waals surface area contributed by atoms with Crippen molar-refractivity contribution in [2.24, 2.45) is 0 Å². The minimum Gasteiger partial charge on any atom is -0.373 e. The van der Waals surface area contributed by atoms with Gasteiger partial charge in [-0.3, -0.25) is 0 Å². The van der Waals surface area contributed by atoms with Crippen molar-refractivity contribution < 1.29 is 96.7 Å². The molecule has 7 rings (SSSR count). The zero-order valence-electron chi connectivity index (χ0n) is 35.1. The summed E-state index contributed by atoms with van der Waals surface area (Å²) < 4.78 is 304. The molecule has 6 aromatic rings. The topological polar surface area (TPSA) is 27.7 Å². The molecule has 0 saturated heterocycles. The fraction of sp³-hybridized carbons (Fsp3) is 0.0652. The Morgan fingerprint density at radius 2 is 0.643 bits per heavy atom. The van der Waals surface area contributed by atoms with Gasteiger partial charge in [0, 0.05) is 63.2 Å². The Hall–Kier alpha value is -6.76. The molecule has 1 aliphatic rings. The summed E-state index contributed by atoms with van der Waals surface area (Å²) in [5.74, 6) is -66.3. The molecular formula is C46H24BF19O3Si. The molecule has 3 nitrogen and oxygen atoms in total. The summed E-state index contributed by atoms with van der Waals surface area (Å²) >= 11 is 0. The van der Waals surface area contributed by atoms with Crippen molar-refractivity contribution in [3.05, 3.63) is 219 Å². The van der Waals surface area contributed by atoms with E-state index >= 15 is 43.9 Å². The van der Waals surface area contributed by atoms with Gasteiger partial charge in [-0.1, -0.05) is 36.4 Å². The van der Waals surface area contributed by atoms with E-state index < -0.39 is 153 Å². The molecule has 70 heavy (non-hydrogen) atoms. The third-order valence-electron chi connectivity index (χ3n) is 11.1. The van der Waals surface area contributed by atoms with Crippen molar-refractivity contribution in [2.75, 3.05) is 21.3 Å². The van der Waals surface area contributed by atoms with Crippen molar-refractivity contribution in [1.29, 1.82) is 0 Å². The lowest BCUT2D eigenvalue weighted by Crippen LogP contribution is -2.81. The number of hydrogen-bond acceptors (Lipinski definition) is 3. The molecule has 0 radical (unpaired) electrons. The van der Waals surface area contributed by atoms with Gasteiger partial charge in [-0.2, -0.15) is 0 Å². The van der Waals surface area contributed by atoms with E-state index in [0.29, 0.717) is 21.3 Å². The van der Waals surface area contributed by atoms with Crippen LogP contribution >= 0.6 is 0 Å². The molecule has 6 aromatic carbocycles. The molecule has 0 bridgehead atoms. The van der Waals surface area contributed by atoms with Gasteiger partial charge in [0.1, 0.15) is 58.3 Å². The van der Waals surface area contributed by atoms with Gasteiger partial charge in [0.15, 0.2) is 64.0 Å². The van der Waals surface area contributed by atoms with Crippen LogP contribution in [-0.4, -0.2) is 36.3 Å². The van der Waals surface area contributed by atoms with Gasteiger partial charge in [-0.25, -0.2) is 83.4 Å². The lowest BCUT2D eigenvalue weighted by atomic mass is 9.12. The summed E-state index contributed by atoms with van der Waals surface area (Å²) in [7, 11) is -3.90. The summed E-state index contributed by atoms with van der Waals surface area (Å²) in [4.78, 5) is 0. The van der Waals surface area contributed by atoms with Crippen molar-refractivity contribution in [3.63, 3.8) is 0 Å². The molecule has 0 fully saturated rings. The van der Waals surface area contributed by atoms with E-state index in [0.717, 1.165) is 0 Å². The third kappa shape index (κ3) is 8.24. The predicted octanol–water partition coefficient (Wildman–Crippen LogP) is 9.61. The van der Waals surface area contributed by atoms with Crippen LogP contribution in [0, 0.1) is 117 Å². The lowest BCUT2D eigenvalue weighted by Gasteiger charge is -2.45. The first kappa shape index (κ1) is 52.6. The molecule has 1 aliphatic carbocycles. The van der Waals surface area contributed by atoms with Crippen LogP contribution in [0.5, 0.6) is 0 Å². The summed E-state index contributed by atoms with van der Waals surface area (Å²) in [5, 5.41) is -2.19. The van der Waals surface area contributed by atoms with E-state index in [4.69, 9.17) is 0 Å². The quantitative estimate of drug-likeness (QED) is 0.0450. The van der Waals surface area contributed by atoms with E-state index in [1.807, 2.05) is 0 Å². The number of halogens is 19. The average molecular weight is 1020 g/mol. The molecular weight excluding hydrogens is 1000 g/mol.